The van der Waals surface area contributed by atoms with E-state index in [9.17, 15) is 23.7 Å². The van der Waals surface area contributed by atoms with E-state index >= 15 is 0 Å². The normalized spacial score (nSPS) is 25.1. The summed E-state index contributed by atoms with van der Waals surface area (Å²) in [5.41, 5.74) is 1.04. The van der Waals surface area contributed by atoms with Gasteiger partial charge < -0.3 is 19.3 Å². The predicted octanol–water partition coefficient (Wildman–Crippen LogP) is 0.0232. The highest BCUT2D eigenvalue weighted by Gasteiger charge is 2.63. The van der Waals surface area contributed by atoms with Gasteiger partial charge in [0, 0.05) is 12.0 Å². The van der Waals surface area contributed by atoms with Crippen LogP contribution in [0.25, 0.3) is 0 Å². The average Bonchev–Trinajstić information content (AvgIpc) is 2.72. The monoisotopic (exact) mass is 434 g/mol. The lowest BCUT2D eigenvalue weighted by atomic mass is 9.98. The molecule has 9 nitrogen and oxygen atoms in total. The van der Waals surface area contributed by atoms with Crippen molar-refractivity contribution in [2.24, 2.45) is 0 Å². The third kappa shape index (κ3) is 4.49. The topological polar surface area (TPSA) is 125 Å². The van der Waals surface area contributed by atoms with Crippen molar-refractivity contribution < 1.29 is 33.2 Å². The number of ether oxygens (including phenoxy) is 2. The lowest BCUT2D eigenvalue weighted by molar-refractivity contribution is -0.175. The number of β-lactam (4-membered cyclic amide) rings is 1. The van der Waals surface area contributed by atoms with Crippen LogP contribution in [-0.4, -0.2) is 63.2 Å². The standard InChI is InChI=1S/C20H22N2O7S/c1-3-15(24)28-11-29-20(26)17-12(2)10-30(27)19-16(18(25)22(17)19)21-14(23)9-13-7-5-4-6-8-13/h4-8,16-17,19H,2-3,9-11H2,1H3,(H,21,23)/t16?,17?,19-,30?/m1/s1. The summed E-state index contributed by atoms with van der Waals surface area (Å²) >= 11 is -1.53. The van der Waals surface area contributed by atoms with Crippen LogP contribution in [0.1, 0.15) is 18.9 Å². The van der Waals surface area contributed by atoms with Crippen molar-refractivity contribution in [2.75, 3.05) is 12.5 Å². The van der Waals surface area contributed by atoms with Gasteiger partial charge in [-0.25, -0.2) is 4.79 Å². The highest BCUT2D eigenvalue weighted by molar-refractivity contribution is 7.92. The molecule has 2 aliphatic heterocycles. The van der Waals surface area contributed by atoms with E-state index in [1.54, 1.807) is 31.2 Å². The largest absolute Gasteiger partial charge is 0.614 e. The van der Waals surface area contributed by atoms with Gasteiger partial charge in [0.2, 0.25) is 18.1 Å². The molecule has 4 atom stereocenters. The molecule has 2 aliphatic rings. The van der Waals surface area contributed by atoms with Gasteiger partial charge >= 0.3 is 11.9 Å². The molecule has 2 heterocycles. The van der Waals surface area contributed by atoms with E-state index in [0.29, 0.717) is 0 Å². The number of amides is 2. The first-order valence-electron chi connectivity index (χ1n) is 9.36. The third-order valence-corrected chi connectivity index (χ3v) is 6.49. The molecule has 1 aromatic carbocycles. The Bertz CT molecular complexity index is 860. The summed E-state index contributed by atoms with van der Waals surface area (Å²) in [6, 6.07) is 6.88. The molecule has 2 amide bonds. The molecule has 0 radical (unpaired) electrons. The minimum atomic E-state index is -1.53. The second-order valence-electron chi connectivity index (χ2n) is 6.88. The van der Waals surface area contributed by atoms with Gasteiger partial charge in [-0.2, -0.15) is 0 Å². The van der Waals surface area contributed by atoms with Crippen LogP contribution in [0.15, 0.2) is 42.5 Å². The van der Waals surface area contributed by atoms with Crippen LogP contribution in [0.4, 0.5) is 0 Å². The minimum absolute atomic E-state index is 0.00594. The van der Waals surface area contributed by atoms with Crippen LogP contribution in [0.3, 0.4) is 0 Å². The molecule has 2 fully saturated rings. The number of benzene rings is 1. The fourth-order valence-electron chi connectivity index (χ4n) is 3.34. The highest BCUT2D eigenvalue weighted by Crippen LogP contribution is 2.36. The van der Waals surface area contributed by atoms with E-state index in [1.807, 2.05) is 6.07 Å². The molecule has 3 unspecified atom stereocenters. The summed E-state index contributed by atoms with van der Waals surface area (Å²) in [7, 11) is 0. The molecule has 0 bridgehead atoms. The fraction of sp³-hybridized carbons (Fsp3) is 0.400. The van der Waals surface area contributed by atoms with Gasteiger partial charge in [0.1, 0.15) is 5.75 Å². The van der Waals surface area contributed by atoms with Crippen LogP contribution in [0, 0.1) is 0 Å². The Morgan fingerprint density at radius 3 is 2.63 bits per heavy atom. The Labute approximate surface area is 176 Å². The van der Waals surface area contributed by atoms with Crippen molar-refractivity contribution in [3.05, 3.63) is 48.0 Å². The van der Waals surface area contributed by atoms with Gasteiger partial charge in [-0.05, 0) is 16.7 Å². The van der Waals surface area contributed by atoms with Gasteiger partial charge in [0.05, 0.1) is 6.42 Å². The molecule has 1 N–H and O–H groups in total. The smallest absolute Gasteiger partial charge is 0.336 e. The summed E-state index contributed by atoms with van der Waals surface area (Å²) in [4.78, 5) is 49.7. The summed E-state index contributed by atoms with van der Waals surface area (Å²) in [6.07, 6.45) is 0.203. The molecule has 0 spiro atoms. The van der Waals surface area contributed by atoms with E-state index < -0.39 is 53.3 Å². The Morgan fingerprint density at radius 2 is 1.97 bits per heavy atom. The zero-order valence-corrected chi connectivity index (χ0v) is 17.2. The molecule has 2 saturated heterocycles. The number of carbonyl (C=O) groups is 4. The fourth-order valence-corrected chi connectivity index (χ4v) is 5.00. The summed E-state index contributed by atoms with van der Waals surface area (Å²) in [6.45, 7) is 4.75. The maximum atomic E-state index is 12.7. The number of fused-ring (bicyclic) bond motifs is 1. The van der Waals surface area contributed by atoms with Gasteiger partial charge in [0.25, 0.3) is 5.91 Å². The SMILES string of the molecule is C=C1C[S+]([O-])[C@@H]2C(NC(=O)Cc3ccccc3)C(=O)N2C1C(=O)OCOC(=O)CC. The van der Waals surface area contributed by atoms with Crippen LogP contribution < -0.4 is 5.32 Å². The summed E-state index contributed by atoms with van der Waals surface area (Å²) in [5, 5.41) is 1.76. The molecule has 1 aromatic rings. The Hall–Kier alpha value is -2.85. The summed E-state index contributed by atoms with van der Waals surface area (Å²) < 4.78 is 22.2. The maximum absolute atomic E-state index is 12.7. The van der Waals surface area contributed by atoms with Crippen LogP contribution in [0.2, 0.25) is 0 Å². The van der Waals surface area contributed by atoms with Gasteiger partial charge in [-0.3, -0.25) is 19.3 Å². The zero-order chi connectivity index (χ0) is 21.8. The number of nitrogens with one attached hydrogen (secondary N) is 1. The number of nitrogens with zero attached hydrogens (tertiary/aromatic N) is 1. The maximum Gasteiger partial charge on any atom is 0.336 e. The highest BCUT2D eigenvalue weighted by atomic mass is 32.2. The Kier molecular flexibility index (Phi) is 6.78. The quantitative estimate of drug-likeness (QED) is 0.211. The van der Waals surface area contributed by atoms with Crippen molar-refractivity contribution in [3.63, 3.8) is 0 Å². The molecule has 10 heteroatoms. The number of rotatable bonds is 7. The summed E-state index contributed by atoms with van der Waals surface area (Å²) in [5.74, 6) is -2.29. The van der Waals surface area contributed by atoms with Crippen LogP contribution in [-0.2, 0) is 46.2 Å². The average molecular weight is 434 g/mol. The molecule has 0 aliphatic carbocycles. The van der Waals surface area contributed by atoms with Crippen molar-refractivity contribution in [1.82, 2.24) is 10.2 Å². The number of esters is 2. The number of hydrogen-bond acceptors (Lipinski definition) is 7. The number of hydrogen-bond donors (Lipinski definition) is 1. The van der Waals surface area contributed by atoms with E-state index in [2.05, 4.69) is 11.9 Å². The molecule has 3 rings (SSSR count). The molecule has 0 saturated carbocycles. The van der Waals surface area contributed by atoms with Crippen LogP contribution >= 0.6 is 0 Å². The van der Waals surface area contributed by atoms with Gasteiger partial charge in [0.15, 0.2) is 12.1 Å². The van der Waals surface area contributed by atoms with Crippen molar-refractivity contribution >= 4 is 34.9 Å². The molecular formula is C20H22N2O7S. The number of carbonyl (C=O) groups excluding carboxylic acids is 4. The first kappa shape index (κ1) is 21.8. The lowest BCUT2D eigenvalue weighted by Crippen LogP contribution is -2.78. The first-order valence-corrected chi connectivity index (χ1v) is 10.7. The van der Waals surface area contributed by atoms with Gasteiger partial charge in [-0.15, -0.1) is 0 Å². The van der Waals surface area contributed by atoms with E-state index in [0.717, 1.165) is 10.5 Å². The van der Waals surface area contributed by atoms with Gasteiger partial charge in [-0.1, -0.05) is 43.8 Å². The molecule has 160 valence electrons. The van der Waals surface area contributed by atoms with E-state index in [4.69, 9.17) is 9.47 Å². The molecule has 0 aromatic heterocycles. The van der Waals surface area contributed by atoms with Crippen LogP contribution in [0.5, 0.6) is 0 Å². The molecule has 30 heavy (non-hydrogen) atoms. The molecular weight excluding hydrogens is 412 g/mol. The minimum Gasteiger partial charge on any atom is -0.614 e. The Morgan fingerprint density at radius 1 is 1.27 bits per heavy atom. The van der Waals surface area contributed by atoms with E-state index in [-0.39, 0.29) is 30.1 Å². The third-order valence-electron chi connectivity index (χ3n) is 4.80. The van der Waals surface area contributed by atoms with Crippen molar-refractivity contribution in [2.45, 2.75) is 37.2 Å². The Balaban J connectivity index is 1.63. The zero-order valence-electron chi connectivity index (χ0n) is 16.4. The van der Waals surface area contributed by atoms with Crippen molar-refractivity contribution in [3.8, 4) is 0 Å². The first-order chi connectivity index (χ1) is 14.3. The van der Waals surface area contributed by atoms with Crippen molar-refractivity contribution in [1.29, 1.82) is 0 Å². The second kappa shape index (κ2) is 9.31. The lowest BCUT2D eigenvalue weighted by Gasteiger charge is -2.52. The van der Waals surface area contributed by atoms with E-state index in [1.165, 1.54) is 0 Å². The second-order valence-corrected chi connectivity index (χ2v) is 8.41. The predicted molar refractivity (Wildman–Crippen MR) is 106 cm³/mol.